The average Bonchev–Trinajstić information content (AvgIpc) is 3.23. The standard InChI is InChI=1S/C20H20N6OS/c27-19-18-14(20(26-19)6-2-1-3-7-20)10-17(28-18)25-16-11-15(22-12-23-16)24-13-4-8-21-9-5-13/h4-5,8-12H,1-3,6-7H2,(H,26,27)(H2,21,22,23,24,25). The Labute approximate surface area is 166 Å². The zero-order valence-electron chi connectivity index (χ0n) is 15.2. The van der Waals surface area contributed by atoms with Gasteiger partial charge >= 0.3 is 0 Å². The topological polar surface area (TPSA) is 91.8 Å². The molecule has 1 aliphatic carbocycles. The van der Waals surface area contributed by atoms with Crippen LogP contribution in [-0.4, -0.2) is 20.9 Å². The smallest absolute Gasteiger partial charge is 0.262 e. The van der Waals surface area contributed by atoms with Crippen LogP contribution in [0.2, 0.25) is 0 Å². The van der Waals surface area contributed by atoms with Crippen molar-refractivity contribution in [1.82, 2.24) is 20.3 Å². The molecule has 5 rings (SSSR count). The van der Waals surface area contributed by atoms with Crippen molar-refractivity contribution in [1.29, 1.82) is 0 Å². The summed E-state index contributed by atoms with van der Waals surface area (Å²) in [7, 11) is 0. The van der Waals surface area contributed by atoms with Gasteiger partial charge in [-0.2, -0.15) is 0 Å². The molecule has 3 aromatic heterocycles. The van der Waals surface area contributed by atoms with E-state index < -0.39 is 0 Å². The number of rotatable bonds is 4. The lowest BCUT2D eigenvalue weighted by Gasteiger charge is -2.33. The number of thiophene rings is 1. The second kappa shape index (κ2) is 6.87. The summed E-state index contributed by atoms with van der Waals surface area (Å²) in [5.74, 6) is 1.43. The van der Waals surface area contributed by atoms with E-state index in [0.717, 1.165) is 46.8 Å². The van der Waals surface area contributed by atoms with Gasteiger partial charge in [-0.05, 0) is 31.0 Å². The zero-order chi connectivity index (χ0) is 19.0. The van der Waals surface area contributed by atoms with Crippen molar-refractivity contribution in [2.24, 2.45) is 0 Å². The molecule has 1 amide bonds. The molecule has 1 aliphatic heterocycles. The van der Waals surface area contributed by atoms with Crippen LogP contribution in [0.4, 0.5) is 22.3 Å². The molecule has 142 valence electrons. The minimum Gasteiger partial charge on any atom is -0.342 e. The number of nitrogens with zero attached hydrogens (tertiary/aromatic N) is 3. The molecule has 3 N–H and O–H groups in total. The Kier molecular flexibility index (Phi) is 4.20. The Morgan fingerprint density at radius 2 is 1.75 bits per heavy atom. The summed E-state index contributed by atoms with van der Waals surface area (Å²) in [5, 5.41) is 10.7. The van der Waals surface area contributed by atoms with Gasteiger partial charge in [0.15, 0.2) is 0 Å². The van der Waals surface area contributed by atoms with E-state index in [0.29, 0.717) is 11.6 Å². The SMILES string of the molecule is O=C1NC2(CCCCC2)c2cc(Nc3cc(Nc4ccncc4)ncn3)sc21. The van der Waals surface area contributed by atoms with Crippen molar-refractivity contribution in [2.45, 2.75) is 37.6 Å². The van der Waals surface area contributed by atoms with Crippen molar-refractivity contribution in [3.05, 3.63) is 53.4 Å². The van der Waals surface area contributed by atoms with E-state index in [9.17, 15) is 4.79 Å². The molecule has 0 unspecified atom stereocenters. The highest BCUT2D eigenvalue weighted by Gasteiger charge is 2.44. The lowest BCUT2D eigenvalue weighted by molar-refractivity contribution is 0.0912. The summed E-state index contributed by atoms with van der Waals surface area (Å²) in [4.78, 5) is 25.9. The highest BCUT2D eigenvalue weighted by Crippen LogP contribution is 2.47. The molecular formula is C20H20N6OS. The van der Waals surface area contributed by atoms with Crippen molar-refractivity contribution in [3.63, 3.8) is 0 Å². The van der Waals surface area contributed by atoms with E-state index in [4.69, 9.17) is 0 Å². The second-order valence-corrected chi connectivity index (χ2v) is 8.28. The first-order valence-corrected chi connectivity index (χ1v) is 10.3. The quantitative estimate of drug-likeness (QED) is 0.612. The first-order valence-electron chi connectivity index (χ1n) is 9.45. The maximum atomic E-state index is 12.5. The third kappa shape index (κ3) is 3.09. The zero-order valence-corrected chi connectivity index (χ0v) is 16.1. The molecule has 0 saturated heterocycles. The normalized spacial score (nSPS) is 17.2. The van der Waals surface area contributed by atoms with Gasteiger partial charge in [0, 0.05) is 29.7 Å². The van der Waals surface area contributed by atoms with Gasteiger partial charge in [0.25, 0.3) is 5.91 Å². The van der Waals surface area contributed by atoms with E-state index >= 15 is 0 Å². The minimum atomic E-state index is -0.166. The van der Waals surface area contributed by atoms with Crippen LogP contribution in [0.3, 0.4) is 0 Å². The van der Waals surface area contributed by atoms with Crippen LogP contribution in [0.5, 0.6) is 0 Å². The monoisotopic (exact) mass is 392 g/mol. The molecule has 0 radical (unpaired) electrons. The summed E-state index contributed by atoms with van der Waals surface area (Å²) in [5.41, 5.74) is 1.89. The van der Waals surface area contributed by atoms with Gasteiger partial charge < -0.3 is 16.0 Å². The Bertz CT molecular complexity index is 1010. The first kappa shape index (κ1) is 17.1. The molecule has 8 heteroatoms. The number of anilines is 4. The fourth-order valence-corrected chi connectivity index (χ4v) is 5.13. The van der Waals surface area contributed by atoms with Crippen LogP contribution in [0.1, 0.15) is 47.3 Å². The van der Waals surface area contributed by atoms with E-state index in [2.05, 4.69) is 37.0 Å². The van der Waals surface area contributed by atoms with Gasteiger partial charge in [0.05, 0.1) is 15.4 Å². The predicted molar refractivity (Wildman–Crippen MR) is 109 cm³/mol. The highest BCUT2D eigenvalue weighted by molar-refractivity contribution is 7.18. The third-order valence-electron chi connectivity index (χ3n) is 5.38. The van der Waals surface area contributed by atoms with E-state index in [1.807, 2.05) is 18.2 Å². The number of nitrogens with one attached hydrogen (secondary N) is 3. The van der Waals surface area contributed by atoms with Crippen LogP contribution in [0.25, 0.3) is 0 Å². The summed E-state index contributed by atoms with van der Waals surface area (Å²) in [6, 6.07) is 7.71. The number of pyridine rings is 1. The van der Waals surface area contributed by atoms with Gasteiger partial charge in [-0.3, -0.25) is 9.78 Å². The molecule has 1 fully saturated rings. The molecule has 0 atom stereocenters. The summed E-state index contributed by atoms with van der Waals surface area (Å²) in [6.07, 6.45) is 10.6. The third-order valence-corrected chi connectivity index (χ3v) is 6.43. The fourth-order valence-electron chi connectivity index (χ4n) is 4.07. The fraction of sp³-hybridized carbons (Fsp3) is 0.300. The Hall–Kier alpha value is -3.00. The molecular weight excluding hydrogens is 372 g/mol. The predicted octanol–water partition coefficient (Wildman–Crippen LogP) is 4.32. The maximum Gasteiger partial charge on any atom is 0.262 e. The van der Waals surface area contributed by atoms with Crippen molar-refractivity contribution < 1.29 is 4.79 Å². The van der Waals surface area contributed by atoms with Crippen LogP contribution in [0.15, 0.2) is 43.0 Å². The second-order valence-electron chi connectivity index (χ2n) is 7.22. The van der Waals surface area contributed by atoms with Crippen molar-refractivity contribution in [2.75, 3.05) is 10.6 Å². The van der Waals surface area contributed by atoms with E-state index in [1.165, 1.54) is 24.1 Å². The minimum absolute atomic E-state index is 0.0534. The number of amides is 1. The molecule has 7 nitrogen and oxygen atoms in total. The van der Waals surface area contributed by atoms with Gasteiger partial charge in [-0.25, -0.2) is 9.97 Å². The number of carbonyl (C=O) groups is 1. The average molecular weight is 392 g/mol. The Morgan fingerprint density at radius 1 is 1.00 bits per heavy atom. The summed E-state index contributed by atoms with van der Waals surface area (Å²) in [6.45, 7) is 0. The molecule has 28 heavy (non-hydrogen) atoms. The Morgan fingerprint density at radius 3 is 2.54 bits per heavy atom. The molecule has 1 saturated carbocycles. The molecule has 2 aliphatic rings. The summed E-state index contributed by atoms with van der Waals surface area (Å²) < 4.78 is 0. The molecule has 0 aromatic carbocycles. The van der Waals surface area contributed by atoms with Gasteiger partial charge in [0.1, 0.15) is 18.0 Å². The number of fused-ring (bicyclic) bond motifs is 2. The number of hydrogen-bond donors (Lipinski definition) is 3. The van der Waals surface area contributed by atoms with Crippen LogP contribution < -0.4 is 16.0 Å². The first-order chi connectivity index (χ1) is 13.7. The van der Waals surface area contributed by atoms with Gasteiger partial charge in [-0.15, -0.1) is 11.3 Å². The molecule has 1 spiro atoms. The van der Waals surface area contributed by atoms with Crippen LogP contribution in [-0.2, 0) is 5.54 Å². The van der Waals surface area contributed by atoms with Crippen LogP contribution in [0, 0.1) is 0 Å². The lowest BCUT2D eigenvalue weighted by atomic mass is 9.78. The van der Waals surface area contributed by atoms with Gasteiger partial charge in [0.2, 0.25) is 0 Å². The molecule has 0 bridgehead atoms. The number of carbonyl (C=O) groups excluding carboxylic acids is 1. The van der Waals surface area contributed by atoms with Gasteiger partial charge in [-0.1, -0.05) is 19.3 Å². The van der Waals surface area contributed by atoms with E-state index in [-0.39, 0.29) is 11.4 Å². The number of aromatic nitrogens is 3. The number of hydrogen-bond acceptors (Lipinski definition) is 7. The maximum absolute atomic E-state index is 12.5. The van der Waals surface area contributed by atoms with E-state index in [1.54, 1.807) is 12.4 Å². The lowest BCUT2D eigenvalue weighted by Crippen LogP contribution is -2.40. The summed E-state index contributed by atoms with van der Waals surface area (Å²) >= 11 is 1.49. The largest absolute Gasteiger partial charge is 0.342 e. The molecule has 3 aromatic rings. The Balaban J connectivity index is 1.38. The van der Waals surface area contributed by atoms with Crippen LogP contribution >= 0.6 is 11.3 Å². The van der Waals surface area contributed by atoms with Crippen molar-refractivity contribution in [3.8, 4) is 0 Å². The van der Waals surface area contributed by atoms with Crippen molar-refractivity contribution >= 4 is 39.6 Å². The molecule has 4 heterocycles. The highest BCUT2D eigenvalue weighted by atomic mass is 32.1.